The van der Waals surface area contributed by atoms with Crippen molar-refractivity contribution < 1.29 is 4.74 Å². The molecule has 0 amide bonds. The highest BCUT2D eigenvalue weighted by Crippen LogP contribution is 2.21. The van der Waals surface area contributed by atoms with E-state index in [4.69, 9.17) is 4.74 Å². The van der Waals surface area contributed by atoms with Crippen molar-refractivity contribution in [2.45, 2.75) is 27.2 Å². The molecule has 19 heavy (non-hydrogen) atoms. The maximum absolute atomic E-state index is 5.32. The lowest BCUT2D eigenvalue weighted by Gasteiger charge is -2.09. The van der Waals surface area contributed by atoms with Crippen molar-refractivity contribution >= 4 is 16.7 Å². The van der Waals surface area contributed by atoms with Crippen LogP contribution in [0.1, 0.15) is 24.5 Å². The zero-order valence-corrected chi connectivity index (χ0v) is 12.0. The molecule has 2 rings (SSSR count). The lowest BCUT2D eigenvalue weighted by atomic mass is 10.1. The molecular formula is C16H22N2O. The zero-order valence-electron chi connectivity index (χ0n) is 12.0. The number of hydrogen-bond donors (Lipinski definition) is 1. The summed E-state index contributed by atoms with van der Waals surface area (Å²) in [6.45, 7) is 8.72. The molecule has 3 heteroatoms. The average molecular weight is 258 g/mol. The first kappa shape index (κ1) is 13.8. The first-order valence-corrected chi connectivity index (χ1v) is 6.90. The zero-order chi connectivity index (χ0) is 13.7. The molecule has 0 fully saturated rings. The van der Waals surface area contributed by atoms with Crippen LogP contribution >= 0.6 is 0 Å². The lowest BCUT2D eigenvalue weighted by molar-refractivity contribution is 0.147. The molecule has 2 aromatic rings. The molecule has 0 aliphatic carbocycles. The van der Waals surface area contributed by atoms with Crippen molar-refractivity contribution in [2.24, 2.45) is 0 Å². The van der Waals surface area contributed by atoms with Gasteiger partial charge in [0.1, 0.15) is 5.82 Å². The first-order valence-electron chi connectivity index (χ1n) is 6.90. The Balaban J connectivity index is 2.07. The van der Waals surface area contributed by atoms with Crippen LogP contribution in [0.5, 0.6) is 0 Å². The van der Waals surface area contributed by atoms with E-state index in [0.717, 1.165) is 37.5 Å². The van der Waals surface area contributed by atoms with E-state index in [1.165, 1.54) is 16.5 Å². The van der Waals surface area contributed by atoms with Gasteiger partial charge in [0.25, 0.3) is 0 Å². The van der Waals surface area contributed by atoms with E-state index >= 15 is 0 Å². The Kier molecular flexibility index (Phi) is 4.74. The second-order valence-electron chi connectivity index (χ2n) is 4.82. The third-order valence-corrected chi connectivity index (χ3v) is 3.15. The van der Waals surface area contributed by atoms with E-state index < -0.39 is 0 Å². The molecule has 0 spiro atoms. The van der Waals surface area contributed by atoms with Crippen LogP contribution in [0.15, 0.2) is 24.3 Å². The van der Waals surface area contributed by atoms with Crippen LogP contribution in [0.3, 0.4) is 0 Å². The van der Waals surface area contributed by atoms with Gasteiger partial charge in [-0.25, -0.2) is 4.98 Å². The number of nitrogens with one attached hydrogen (secondary N) is 1. The van der Waals surface area contributed by atoms with Crippen LogP contribution in [0.4, 0.5) is 5.82 Å². The van der Waals surface area contributed by atoms with Gasteiger partial charge >= 0.3 is 0 Å². The van der Waals surface area contributed by atoms with Crippen molar-refractivity contribution in [1.29, 1.82) is 0 Å². The Bertz CT molecular complexity index is 552. The molecular weight excluding hydrogens is 236 g/mol. The summed E-state index contributed by atoms with van der Waals surface area (Å²) < 4.78 is 5.32. The van der Waals surface area contributed by atoms with Crippen molar-refractivity contribution in [3.63, 3.8) is 0 Å². The van der Waals surface area contributed by atoms with Crippen molar-refractivity contribution in [1.82, 2.24) is 4.98 Å². The number of aryl methyl sites for hydroxylation is 2. The van der Waals surface area contributed by atoms with Crippen LogP contribution in [-0.2, 0) is 4.74 Å². The minimum absolute atomic E-state index is 0.784. The molecule has 1 aromatic heterocycles. The number of nitrogens with zero attached hydrogens (tertiary/aromatic N) is 1. The number of pyridine rings is 1. The van der Waals surface area contributed by atoms with Crippen LogP contribution < -0.4 is 5.32 Å². The minimum Gasteiger partial charge on any atom is -0.382 e. The highest BCUT2D eigenvalue weighted by Gasteiger charge is 2.02. The summed E-state index contributed by atoms with van der Waals surface area (Å²) in [5, 5.41) is 4.59. The Morgan fingerprint density at radius 3 is 2.84 bits per heavy atom. The van der Waals surface area contributed by atoms with Crippen molar-refractivity contribution in [3.8, 4) is 0 Å². The SMILES string of the molecule is CCOCCCNc1cc(C)c2ccc(C)cc2n1. The first-order chi connectivity index (χ1) is 9.20. The minimum atomic E-state index is 0.784. The van der Waals surface area contributed by atoms with Gasteiger partial charge in [-0.15, -0.1) is 0 Å². The maximum atomic E-state index is 5.32. The third kappa shape index (κ3) is 3.67. The predicted molar refractivity (Wildman–Crippen MR) is 80.8 cm³/mol. The van der Waals surface area contributed by atoms with E-state index in [9.17, 15) is 0 Å². The van der Waals surface area contributed by atoms with Crippen molar-refractivity contribution in [3.05, 3.63) is 35.4 Å². The fourth-order valence-corrected chi connectivity index (χ4v) is 2.14. The molecule has 1 heterocycles. The Morgan fingerprint density at radius 1 is 1.21 bits per heavy atom. The van der Waals surface area contributed by atoms with Gasteiger partial charge in [0.05, 0.1) is 5.52 Å². The summed E-state index contributed by atoms with van der Waals surface area (Å²) in [5.74, 6) is 0.951. The van der Waals surface area contributed by atoms with Crippen LogP contribution in [0.2, 0.25) is 0 Å². The number of aromatic nitrogens is 1. The quantitative estimate of drug-likeness (QED) is 0.802. The van der Waals surface area contributed by atoms with Gasteiger partial charge in [-0.3, -0.25) is 0 Å². The molecule has 0 atom stereocenters. The molecule has 0 aliphatic heterocycles. The molecule has 102 valence electrons. The number of fused-ring (bicyclic) bond motifs is 1. The summed E-state index contributed by atoms with van der Waals surface area (Å²) >= 11 is 0. The van der Waals surface area contributed by atoms with Gasteiger partial charge in [0.2, 0.25) is 0 Å². The van der Waals surface area contributed by atoms with Gasteiger partial charge in [-0.05, 0) is 50.5 Å². The standard InChI is InChI=1S/C16H22N2O/c1-4-19-9-5-8-17-16-11-13(3)14-7-6-12(2)10-15(14)18-16/h6-7,10-11H,4-5,8-9H2,1-3H3,(H,17,18). The maximum Gasteiger partial charge on any atom is 0.126 e. The molecule has 1 aromatic carbocycles. The van der Waals surface area contributed by atoms with E-state index in [-0.39, 0.29) is 0 Å². The monoisotopic (exact) mass is 258 g/mol. The topological polar surface area (TPSA) is 34.1 Å². The number of ether oxygens (including phenoxy) is 1. The highest BCUT2D eigenvalue weighted by atomic mass is 16.5. The van der Waals surface area contributed by atoms with Gasteiger partial charge in [0, 0.05) is 25.1 Å². The lowest BCUT2D eigenvalue weighted by Crippen LogP contribution is -2.07. The Hall–Kier alpha value is -1.61. The molecule has 0 saturated heterocycles. The second kappa shape index (κ2) is 6.53. The van der Waals surface area contributed by atoms with E-state index in [0.29, 0.717) is 0 Å². The summed E-state index contributed by atoms with van der Waals surface area (Å²) in [6.07, 6.45) is 1.00. The summed E-state index contributed by atoms with van der Waals surface area (Å²) in [4.78, 5) is 4.66. The molecule has 1 N–H and O–H groups in total. The second-order valence-corrected chi connectivity index (χ2v) is 4.82. The summed E-state index contributed by atoms with van der Waals surface area (Å²) in [5.41, 5.74) is 3.57. The van der Waals surface area contributed by atoms with Gasteiger partial charge in [0.15, 0.2) is 0 Å². The van der Waals surface area contributed by atoms with Gasteiger partial charge in [-0.1, -0.05) is 12.1 Å². The number of rotatable bonds is 6. The van der Waals surface area contributed by atoms with E-state index in [2.05, 4.69) is 48.4 Å². The van der Waals surface area contributed by atoms with Gasteiger partial charge < -0.3 is 10.1 Å². The molecule has 0 unspecified atom stereocenters. The Morgan fingerprint density at radius 2 is 2.05 bits per heavy atom. The Labute approximate surface area is 115 Å². The highest BCUT2D eigenvalue weighted by molar-refractivity contribution is 5.84. The predicted octanol–water partition coefficient (Wildman–Crippen LogP) is 3.69. The van der Waals surface area contributed by atoms with Crippen LogP contribution in [0.25, 0.3) is 10.9 Å². The van der Waals surface area contributed by atoms with E-state index in [1.54, 1.807) is 0 Å². The fraction of sp³-hybridized carbons (Fsp3) is 0.438. The van der Waals surface area contributed by atoms with Crippen LogP contribution in [-0.4, -0.2) is 24.7 Å². The fourth-order valence-electron chi connectivity index (χ4n) is 2.14. The summed E-state index contributed by atoms with van der Waals surface area (Å²) in [6, 6.07) is 8.52. The molecule has 0 saturated carbocycles. The van der Waals surface area contributed by atoms with Gasteiger partial charge in [-0.2, -0.15) is 0 Å². The molecule has 0 radical (unpaired) electrons. The van der Waals surface area contributed by atoms with Crippen LogP contribution in [0, 0.1) is 13.8 Å². The van der Waals surface area contributed by atoms with Crippen molar-refractivity contribution in [2.75, 3.05) is 25.1 Å². The smallest absolute Gasteiger partial charge is 0.126 e. The molecule has 0 aliphatic rings. The average Bonchev–Trinajstić information content (AvgIpc) is 2.38. The summed E-state index contributed by atoms with van der Waals surface area (Å²) in [7, 11) is 0. The van der Waals surface area contributed by atoms with E-state index in [1.807, 2.05) is 6.92 Å². The largest absolute Gasteiger partial charge is 0.382 e. The number of benzene rings is 1. The number of anilines is 1. The molecule has 3 nitrogen and oxygen atoms in total. The third-order valence-electron chi connectivity index (χ3n) is 3.15. The normalized spacial score (nSPS) is 10.9. The number of hydrogen-bond acceptors (Lipinski definition) is 3. The molecule has 0 bridgehead atoms.